The monoisotopic (exact) mass is 391 g/mol. The van der Waals surface area contributed by atoms with E-state index in [1.165, 1.54) is 22.9 Å². The van der Waals surface area contributed by atoms with Crippen LogP contribution >= 0.6 is 11.6 Å². The third kappa shape index (κ3) is 4.32. The van der Waals surface area contributed by atoms with E-state index in [1.807, 2.05) is 19.0 Å². The Balaban J connectivity index is 1.74. The van der Waals surface area contributed by atoms with Crippen molar-refractivity contribution < 1.29 is 9.18 Å². The third-order valence-corrected chi connectivity index (χ3v) is 4.21. The summed E-state index contributed by atoms with van der Waals surface area (Å²) in [5.74, 6) is -0.525. The average molecular weight is 392 g/mol. The third-order valence-electron chi connectivity index (χ3n) is 3.92. The minimum atomic E-state index is -0.527. The fourth-order valence-corrected chi connectivity index (χ4v) is 2.61. The Morgan fingerprint density at radius 2 is 2.11 bits per heavy atom. The van der Waals surface area contributed by atoms with Gasteiger partial charge in [0, 0.05) is 18.8 Å². The zero-order valence-electron chi connectivity index (χ0n) is 15.1. The largest absolute Gasteiger partial charge is 0.308 e. The van der Waals surface area contributed by atoms with Gasteiger partial charge in [0.25, 0.3) is 5.91 Å². The van der Waals surface area contributed by atoms with Gasteiger partial charge in [-0.2, -0.15) is 5.10 Å². The van der Waals surface area contributed by atoms with Gasteiger partial charge in [0.1, 0.15) is 5.82 Å². The van der Waals surface area contributed by atoms with E-state index in [9.17, 15) is 9.18 Å². The molecule has 0 unspecified atom stereocenters. The molecule has 0 aliphatic carbocycles. The number of benzene rings is 1. The molecule has 0 saturated heterocycles. The Bertz CT molecular complexity index is 966. The van der Waals surface area contributed by atoms with E-state index in [1.54, 1.807) is 23.9 Å². The highest BCUT2D eigenvalue weighted by Gasteiger charge is 2.19. The van der Waals surface area contributed by atoms with Gasteiger partial charge in [0.2, 0.25) is 0 Å². The molecule has 0 aliphatic rings. The number of hydrogen-bond acceptors (Lipinski definition) is 5. The van der Waals surface area contributed by atoms with E-state index >= 15 is 0 Å². The number of nitrogens with zero attached hydrogens (tertiary/aromatic N) is 6. The summed E-state index contributed by atoms with van der Waals surface area (Å²) in [7, 11) is 3.96. The molecule has 3 aromatic rings. The fraction of sp³-hybridized carbons (Fsp3) is 0.294. The zero-order valence-corrected chi connectivity index (χ0v) is 15.9. The summed E-state index contributed by atoms with van der Waals surface area (Å²) >= 11 is 5.81. The van der Waals surface area contributed by atoms with E-state index < -0.39 is 11.7 Å². The van der Waals surface area contributed by atoms with Gasteiger partial charge in [-0.1, -0.05) is 16.8 Å². The summed E-state index contributed by atoms with van der Waals surface area (Å²) in [6.07, 6.45) is 1.79. The van der Waals surface area contributed by atoms with Crippen molar-refractivity contribution in [1.29, 1.82) is 0 Å². The van der Waals surface area contributed by atoms with E-state index in [4.69, 9.17) is 11.6 Å². The van der Waals surface area contributed by atoms with Crippen LogP contribution in [0.15, 0.2) is 30.5 Å². The highest BCUT2D eigenvalue weighted by molar-refractivity contribution is 6.30. The molecule has 0 aliphatic heterocycles. The Morgan fingerprint density at radius 3 is 2.81 bits per heavy atom. The maximum absolute atomic E-state index is 13.3. The van der Waals surface area contributed by atoms with Crippen molar-refractivity contribution in [3.8, 4) is 5.69 Å². The summed E-state index contributed by atoms with van der Waals surface area (Å²) in [4.78, 5) is 14.6. The van der Waals surface area contributed by atoms with E-state index in [2.05, 4.69) is 20.7 Å². The molecule has 1 N–H and O–H groups in total. The van der Waals surface area contributed by atoms with Gasteiger partial charge in [0.15, 0.2) is 11.5 Å². The van der Waals surface area contributed by atoms with E-state index in [0.29, 0.717) is 23.7 Å². The minimum Gasteiger partial charge on any atom is -0.308 e. The first-order valence-corrected chi connectivity index (χ1v) is 8.60. The van der Waals surface area contributed by atoms with Crippen LogP contribution in [-0.2, 0) is 6.54 Å². The maximum atomic E-state index is 13.3. The minimum absolute atomic E-state index is 0.0309. The molecular weight excluding hydrogens is 373 g/mol. The summed E-state index contributed by atoms with van der Waals surface area (Å²) in [6, 6.07) is 5.88. The van der Waals surface area contributed by atoms with Gasteiger partial charge in [-0.3, -0.25) is 9.48 Å². The lowest BCUT2D eigenvalue weighted by Crippen LogP contribution is -2.19. The molecule has 0 fully saturated rings. The van der Waals surface area contributed by atoms with Gasteiger partial charge in [-0.25, -0.2) is 9.07 Å². The molecule has 142 valence electrons. The first-order chi connectivity index (χ1) is 12.8. The number of hydrogen-bond donors (Lipinski definition) is 1. The molecule has 1 aromatic carbocycles. The molecule has 8 nitrogen and oxygen atoms in total. The standard InChI is InChI=1S/C17H19ClFN7O/c1-11-16(21-23-26(11)12-4-5-14(19)13(18)10-12)17(27)20-15-6-7-25(22-15)9-8-24(2)3/h4-7,10H,8-9H2,1-3H3,(H,20,22,27). The predicted molar refractivity (Wildman–Crippen MR) is 99.8 cm³/mol. The smallest absolute Gasteiger partial charge is 0.279 e. The first-order valence-electron chi connectivity index (χ1n) is 8.22. The van der Waals surface area contributed by atoms with Crippen LogP contribution in [0.4, 0.5) is 10.2 Å². The van der Waals surface area contributed by atoms with Crippen molar-refractivity contribution in [2.75, 3.05) is 26.0 Å². The number of carbonyl (C=O) groups is 1. The summed E-state index contributed by atoms with van der Waals surface area (Å²) in [6.45, 7) is 3.24. The number of anilines is 1. The molecule has 0 atom stereocenters. The number of carbonyl (C=O) groups excluding carboxylic acids is 1. The number of nitrogens with one attached hydrogen (secondary N) is 1. The highest BCUT2D eigenvalue weighted by atomic mass is 35.5. The van der Waals surface area contributed by atoms with Crippen molar-refractivity contribution in [3.63, 3.8) is 0 Å². The second kappa shape index (κ2) is 7.85. The van der Waals surface area contributed by atoms with Crippen LogP contribution in [0.3, 0.4) is 0 Å². The molecule has 2 aromatic heterocycles. The molecule has 27 heavy (non-hydrogen) atoms. The van der Waals surface area contributed by atoms with Crippen LogP contribution in [0, 0.1) is 12.7 Å². The van der Waals surface area contributed by atoms with Gasteiger partial charge in [0.05, 0.1) is 22.9 Å². The Hall–Kier alpha value is -2.78. The van der Waals surface area contributed by atoms with Crippen molar-refractivity contribution in [1.82, 2.24) is 29.7 Å². The Morgan fingerprint density at radius 1 is 1.33 bits per heavy atom. The number of rotatable bonds is 6. The van der Waals surface area contributed by atoms with Gasteiger partial charge in [-0.05, 0) is 39.2 Å². The zero-order chi connectivity index (χ0) is 19.6. The number of likely N-dealkylation sites (N-methyl/N-ethyl adjacent to an activating group) is 1. The molecule has 10 heteroatoms. The predicted octanol–water partition coefficient (Wildman–Crippen LogP) is 2.38. The van der Waals surface area contributed by atoms with Crippen molar-refractivity contribution in [2.45, 2.75) is 13.5 Å². The van der Waals surface area contributed by atoms with Crippen molar-refractivity contribution in [3.05, 3.63) is 52.7 Å². The van der Waals surface area contributed by atoms with E-state index in [0.717, 1.165) is 6.54 Å². The lowest BCUT2D eigenvalue weighted by molar-refractivity contribution is 0.102. The van der Waals surface area contributed by atoms with Crippen LogP contribution in [-0.4, -0.2) is 56.2 Å². The number of amides is 1. The van der Waals surface area contributed by atoms with E-state index in [-0.39, 0.29) is 10.7 Å². The van der Waals surface area contributed by atoms with Crippen LogP contribution < -0.4 is 5.32 Å². The van der Waals surface area contributed by atoms with Crippen LogP contribution in [0.25, 0.3) is 5.69 Å². The molecule has 1 amide bonds. The molecule has 0 radical (unpaired) electrons. The normalized spacial score (nSPS) is 11.2. The number of halogens is 2. The second-order valence-electron chi connectivity index (χ2n) is 6.26. The lowest BCUT2D eigenvalue weighted by Gasteiger charge is -2.08. The molecule has 0 bridgehead atoms. The molecule has 2 heterocycles. The van der Waals surface area contributed by atoms with Gasteiger partial charge < -0.3 is 10.2 Å². The van der Waals surface area contributed by atoms with Crippen LogP contribution in [0.5, 0.6) is 0 Å². The van der Waals surface area contributed by atoms with Gasteiger partial charge in [-0.15, -0.1) is 5.10 Å². The van der Waals surface area contributed by atoms with Gasteiger partial charge >= 0.3 is 0 Å². The maximum Gasteiger partial charge on any atom is 0.279 e. The summed E-state index contributed by atoms with van der Waals surface area (Å²) in [5, 5.41) is 14.9. The number of aromatic nitrogens is 5. The first kappa shape index (κ1) is 19.0. The van der Waals surface area contributed by atoms with Crippen molar-refractivity contribution >= 4 is 23.3 Å². The summed E-state index contributed by atoms with van der Waals surface area (Å²) < 4.78 is 16.5. The topological polar surface area (TPSA) is 80.9 Å². The highest BCUT2D eigenvalue weighted by Crippen LogP contribution is 2.20. The van der Waals surface area contributed by atoms with Crippen LogP contribution in [0.2, 0.25) is 5.02 Å². The van der Waals surface area contributed by atoms with Crippen molar-refractivity contribution in [2.24, 2.45) is 0 Å². The molecule has 0 saturated carbocycles. The Kier molecular flexibility index (Phi) is 5.52. The SMILES string of the molecule is Cc1c(C(=O)Nc2ccn(CCN(C)C)n2)nnn1-c1ccc(F)c(Cl)c1. The molecular formula is C17H19ClFN7O. The molecule has 0 spiro atoms. The summed E-state index contributed by atoms with van der Waals surface area (Å²) in [5.41, 5.74) is 1.17. The quantitative estimate of drug-likeness (QED) is 0.697. The average Bonchev–Trinajstić information content (AvgIpc) is 3.22. The fourth-order valence-electron chi connectivity index (χ4n) is 2.43. The molecule has 3 rings (SSSR count). The van der Waals surface area contributed by atoms with Crippen LogP contribution in [0.1, 0.15) is 16.2 Å². The lowest BCUT2D eigenvalue weighted by atomic mass is 10.2. The Labute approximate surface area is 160 Å². The second-order valence-corrected chi connectivity index (χ2v) is 6.66.